The van der Waals surface area contributed by atoms with E-state index in [1.54, 1.807) is 43.5 Å². The molecule has 142 valence electrons. The maximum atomic E-state index is 11.8. The van der Waals surface area contributed by atoms with Gasteiger partial charge in [-0.3, -0.25) is 4.79 Å². The van der Waals surface area contributed by atoms with Gasteiger partial charge in [0.25, 0.3) is 5.91 Å². The van der Waals surface area contributed by atoms with Crippen LogP contribution in [0.25, 0.3) is 0 Å². The lowest BCUT2D eigenvalue weighted by Gasteiger charge is -2.08. The number of aryl methyl sites for hydroxylation is 1. The van der Waals surface area contributed by atoms with Crippen LogP contribution in [0.2, 0.25) is 5.02 Å². The van der Waals surface area contributed by atoms with Gasteiger partial charge in [-0.15, -0.1) is 0 Å². The van der Waals surface area contributed by atoms with Crippen molar-refractivity contribution in [2.75, 3.05) is 25.6 Å². The summed E-state index contributed by atoms with van der Waals surface area (Å²) < 4.78 is 9.86. The molecule has 0 aliphatic heterocycles. The average Bonchev–Trinajstić information content (AvgIpc) is 2.66. The van der Waals surface area contributed by atoms with Crippen molar-refractivity contribution >= 4 is 35.4 Å². The van der Waals surface area contributed by atoms with Gasteiger partial charge in [0.05, 0.1) is 24.0 Å². The number of hydrogen-bond acceptors (Lipinski definition) is 6. The first kappa shape index (κ1) is 20.3. The number of anilines is 1. The maximum Gasteiger partial charge on any atom is 0.347 e. The molecule has 8 heteroatoms. The molecule has 2 aromatic carbocycles. The van der Waals surface area contributed by atoms with Crippen LogP contribution in [0.4, 0.5) is 5.69 Å². The lowest BCUT2D eigenvalue weighted by atomic mass is 10.2. The van der Waals surface area contributed by atoms with Crippen molar-refractivity contribution in [3.05, 3.63) is 58.6 Å². The minimum atomic E-state index is -0.716. The molecule has 1 N–H and O–H groups in total. The highest BCUT2D eigenvalue weighted by Gasteiger charge is 2.10. The zero-order chi connectivity index (χ0) is 19.6. The number of amides is 1. The fraction of sp³-hybridized carbons (Fsp3) is 0.211. The Morgan fingerprint density at radius 2 is 1.89 bits per heavy atom. The van der Waals surface area contributed by atoms with Crippen molar-refractivity contribution in [3.63, 3.8) is 0 Å². The standard InChI is InChI=1S/C19H19ClN2O5/c1-13-3-8-17(16(20)9-13)22-18(23)11-26-19(24)12-27-21-10-14-4-6-15(25-2)7-5-14/h3-10H,11-12H2,1-2H3,(H,22,23)/b21-10-. The smallest absolute Gasteiger partial charge is 0.347 e. The van der Waals surface area contributed by atoms with Crippen molar-refractivity contribution in [2.24, 2.45) is 5.16 Å². The van der Waals surface area contributed by atoms with Crippen LogP contribution in [0.15, 0.2) is 47.6 Å². The van der Waals surface area contributed by atoms with E-state index >= 15 is 0 Å². The third kappa shape index (κ3) is 6.99. The van der Waals surface area contributed by atoms with Crippen LogP contribution in [0.5, 0.6) is 5.75 Å². The van der Waals surface area contributed by atoms with E-state index in [0.717, 1.165) is 16.9 Å². The Balaban J connectivity index is 1.69. The van der Waals surface area contributed by atoms with Gasteiger partial charge < -0.3 is 19.6 Å². The van der Waals surface area contributed by atoms with Crippen LogP contribution in [-0.2, 0) is 19.2 Å². The zero-order valence-electron chi connectivity index (χ0n) is 14.9. The number of benzene rings is 2. The van der Waals surface area contributed by atoms with Crippen LogP contribution in [0.3, 0.4) is 0 Å². The molecule has 0 aliphatic rings. The van der Waals surface area contributed by atoms with E-state index in [1.807, 2.05) is 13.0 Å². The summed E-state index contributed by atoms with van der Waals surface area (Å²) in [4.78, 5) is 28.2. The zero-order valence-corrected chi connectivity index (χ0v) is 15.7. The molecule has 0 saturated heterocycles. The average molecular weight is 391 g/mol. The summed E-state index contributed by atoms with van der Waals surface area (Å²) in [6.07, 6.45) is 1.44. The SMILES string of the molecule is COc1ccc(/C=N\OCC(=O)OCC(=O)Nc2ccc(C)cc2Cl)cc1. The molecule has 1 amide bonds. The fourth-order valence-electron chi connectivity index (χ4n) is 1.97. The number of nitrogens with zero attached hydrogens (tertiary/aromatic N) is 1. The number of nitrogens with one attached hydrogen (secondary N) is 1. The predicted molar refractivity (Wildman–Crippen MR) is 102 cm³/mol. The summed E-state index contributed by atoms with van der Waals surface area (Å²) >= 11 is 6.02. The molecule has 0 fully saturated rings. The van der Waals surface area contributed by atoms with Crippen molar-refractivity contribution < 1.29 is 23.9 Å². The van der Waals surface area contributed by atoms with Crippen LogP contribution in [0.1, 0.15) is 11.1 Å². The quantitative estimate of drug-likeness (QED) is 0.425. The molecule has 0 aliphatic carbocycles. The highest BCUT2D eigenvalue weighted by molar-refractivity contribution is 6.33. The second kappa shape index (κ2) is 10.2. The molecule has 0 heterocycles. The number of rotatable bonds is 8. The van der Waals surface area contributed by atoms with E-state index in [4.69, 9.17) is 25.9 Å². The third-order valence-corrected chi connectivity index (χ3v) is 3.65. The number of halogens is 1. The van der Waals surface area contributed by atoms with Crippen LogP contribution in [0, 0.1) is 6.92 Å². The molecule has 0 saturated carbocycles. The molecule has 0 aromatic heterocycles. The van der Waals surface area contributed by atoms with Gasteiger partial charge in [0.15, 0.2) is 6.61 Å². The molecule has 7 nitrogen and oxygen atoms in total. The van der Waals surface area contributed by atoms with Gasteiger partial charge in [-0.25, -0.2) is 4.79 Å². The van der Waals surface area contributed by atoms with Crippen molar-refractivity contribution in [1.82, 2.24) is 0 Å². The van der Waals surface area contributed by atoms with Gasteiger partial charge in [-0.05, 0) is 54.4 Å². The minimum absolute atomic E-state index is 0.408. The lowest BCUT2D eigenvalue weighted by Crippen LogP contribution is -2.22. The van der Waals surface area contributed by atoms with Crippen molar-refractivity contribution in [3.8, 4) is 5.75 Å². The van der Waals surface area contributed by atoms with Gasteiger partial charge in [0.1, 0.15) is 5.75 Å². The Labute approximate surface area is 161 Å². The van der Waals surface area contributed by atoms with Gasteiger partial charge in [0.2, 0.25) is 6.61 Å². The van der Waals surface area contributed by atoms with E-state index in [1.165, 1.54) is 6.21 Å². The molecule has 2 aromatic rings. The Kier molecular flexibility index (Phi) is 7.63. The molecular formula is C19H19ClN2O5. The maximum absolute atomic E-state index is 11.8. The molecule has 2 rings (SSSR count). The van der Waals surface area contributed by atoms with E-state index in [2.05, 4.69) is 10.5 Å². The number of methoxy groups -OCH3 is 1. The van der Waals surface area contributed by atoms with E-state index in [-0.39, 0.29) is 0 Å². The summed E-state index contributed by atoms with van der Waals surface area (Å²) in [6, 6.07) is 12.3. The summed E-state index contributed by atoms with van der Waals surface area (Å²) in [5.74, 6) is -0.496. The molecule has 0 atom stereocenters. The molecule has 0 bridgehead atoms. The van der Waals surface area contributed by atoms with E-state index in [9.17, 15) is 9.59 Å². The Hall–Kier alpha value is -3.06. The van der Waals surface area contributed by atoms with E-state index in [0.29, 0.717) is 10.7 Å². The first-order chi connectivity index (χ1) is 13.0. The molecule has 0 radical (unpaired) electrons. The van der Waals surface area contributed by atoms with Gasteiger partial charge in [0, 0.05) is 0 Å². The van der Waals surface area contributed by atoms with Gasteiger partial charge in [-0.1, -0.05) is 22.8 Å². The third-order valence-electron chi connectivity index (χ3n) is 3.34. The molecule has 0 unspecified atom stereocenters. The highest BCUT2D eigenvalue weighted by atomic mass is 35.5. The fourth-order valence-corrected chi connectivity index (χ4v) is 2.26. The number of esters is 1. The Morgan fingerprint density at radius 3 is 2.56 bits per heavy atom. The summed E-state index contributed by atoms with van der Waals surface area (Å²) in [5, 5.41) is 6.64. The largest absolute Gasteiger partial charge is 0.497 e. The molecule has 0 spiro atoms. The summed E-state index contributed by atoms with van der Waals surface area (Å²) in [7, 11) is 1.58. The molecule has 27 heavy (non-hydrogen) atoms. The monoisotopic (exact) mass is 390 g/mol. The number of carbonyl (C=O) groups is 2. The topological polar surface area (TPSA) is 86.2 Å². The summed E-state index contributed by atoms with van der Waals surface area (Å²) in [5.41, 5.74) is 2.19. The van der Waals surface area contributed by atoms with Crippen LogP contribution < -0.4 is 10.1 Å². The Morgan fingerprint density at radius 1 is 1.15 bits per heavy atom. The number of oxime groups is 1. The highest BCUT2D eigenvalue weighted by Crippen LogP contribution is 2.22. The summed E-state index contributed by atoms with van der Waals surface area (Å²) in [6.45, 7) is 1.02. The van der Waals surface area contributed by atoms with Gasteiger partial charge >= 0.3 is 5.97 Å². The normalized spacial score (nSPS) is 10.5. The van der Waals surface area contributed by atoms with Crippen LogP contribution >= 0.6 is 11.6 Å². The minimum Gasteiger partial charge on any atom is -0.497 e. The number of ether oxygens (including phenoxy) is 2. The Bertz CT molecular complexity index is 821. The second-order valence-corrected chi connectivity index (χ2v) is 5.88. The van der Waals surface area contributed by atoms with Crippen LogP contribution in [-0.4, -0.2) is 38.4 Å². The molecular weight excluding hydrogens is 372 g/mol. The van der Waals surface area contributed by atoms with Gasteiger partial charge in [-0.2, -0.15) is 0 Å². The number of carbonyl (C=O) groups excluding carboxylic acids is 2. The van der Waals surface area contributed by atoms with Crippen molar-refractivity contribution in [2.45, 2.75) is 6.92 Å². The number of hydrogen-bond donors (Lipinski definition) is 1. The predicted octanol–water partition coefficient (Wildman–Crippen LogP) is 3.19. The lowest BCUT2D eigenvalue weighted by molar-refractivity contribution is -0.151. The first-order valence-electron chi connectivity index (χ1n) is 7.99. The first-order valence-corrected chi connectivity index (χ1v) is 8.36. The second-order valence-electron chi connectivity index (χ2n) is 5.47. The van der Waals surface area contributed by atoms with Crippen molar-refractivity contribution in [1.29, 1.82) is 0 Å². The van der Waals surface area contributed by atoms with E-state index < -0.39 is 25.1 Å².